The maximum Gasteiger partial charge on any atom is 0.125 e. The van der Waals surface area contributed by atoms with Crippen LogP contribution in [0.25, 0.3) is 22.0 Å². The van der Waals surface area contributed by atoms with Crippen molar-refractivity contribution in [2.75, 3.05) is 19.4 Å². The van der Waals surface area contributed by atoms with Crippen LogP contribution in [0.5, 0.6) is 5.75 Å². The maximum absolute atomic E-state index is 5.80. The van der Waals surface area contributed by atoms with Gasteiger partial charge in [0.1, 0.15) is 11.6 Å². The third kappa shape index (κ3) is 3.63. The Balaban J connectivity index is 0.000000595. The van der Waals surface area contributed by atoms with Crippen molar-refractivity contribution in [3.05, 3.63) is 42.7 Å². The minimum Gasteiger partial charge on any atom is -0.497 e. The maximum atomic E-state index is 5.80. The Morgan fingerprint density at radius 3 is 2.61 bits per heavy atom. The summed E-state index contributed by atoms with van der Waals surface area (Å²) in [7, 11) is 1.68. The molecular formula is C18H24N4O. The fourth-order valence-electron chi connectivity index (χ4n) is 2.48. The van der Waals surface area contributed by atoms with Crippen LogP contribution < -0.4 is 16.2 Å². The molecule has 0 aliphatic heterocycles. The minimum atomic E-state index is 0.544. The van der Waals surface area contributed by atoms with Crippen LogP contribution in [-0.4, -0.2) is 23.2 Å². The van der Waals surface area contributed by atoms with Crippen molar-refractivity contribution in [2.24, 2.45) is 5.73 Å². The van der Waals surface area contributed by atoms with Gasteiger partial charge in [-0.05, 0) is 31.2 Å². The molecule has 0 radical (unpaired) electrons. The van der Waals surface area contributed by atoms with Gasteiger partial charge in [-0.25, -0.2) is 4.98 Å². The first-order valence-corrected chi connectivity index (χ1v) is 7.73. The van der Waals surface area contributed by atoms with E-state index in [-0.39, 0.29) is 0 Å². The number of nitrogens with zero attached hydrogens (tertiary/aromatic N) is 2. The van der Waals surface area contributed by atoms with Gasteiger partial charge in [0, 0.05) is 36.0 Å². The number of methoxy groups -OCH3 is 1. The van der Waals surface area contributed by atoms with E-state index in [1.165, 1.54) is 0 Å². The topological polar surface area (TPSA) is 79.1 Å². The summed E-state index contributed by atoms with van der Waals surface area (Å²) in [6.45, 7) is 5.66. The normalized spacial score (nSPS) is 10.3. The molecule has 0 saturated carbocycles. The van der Waals surface area contributed by atoms with Crippen LogP contribution >= 0.6 is 0 Å². The van der Waals surface area contributed by atoms with Crippen molar-refractivity contribution >= 4 is 16.7 Å². The number of fused-ring (bicyclic) bond motifs is 1. The molecule has 0 aliphatic carbocycles. The van der Waals surface area contributed by atoms with Crippen molar-refractivity contribution in [2.45, 2.75) is 20.4 Å². The van der Waals surface area contributed by atoms with Crippen LogP contribution in [0.2, 0.25) is 0 Å². The summed E-state index contributed by atoms with van der Waals surface area (Å²) >= 11 is 0. The lowest BCUT2D eigenvalue weighted by Gasteiger charge is -2.03. The Bertz CT molecular complexity index is 780. The number of anilines is 1. The van der Waals surface area contributed by atoms with E-state index in [4.69, 9.17) is 16.2 Å². The smallest absolute Gasteiger partial charge is 0.125 e. The predicted molar refractivity (Wildman–Crippen MR) is 96.5 cm³/mol. The molecule has 0 bridgehead atoms. The zero-order valence-corrected chi connectivity index (χ0v) is 13.9. The van der Waals surface area contributed by atoms with E-state index in [9.17, 15) is 0 Å². The molecule has 5 nitrogen and oxygen atoms in total. The number of ether oxygens (including phenoxy) is 1. The molecule has 2 aromatic heterocycles. The molecule has 3 aromatic rings. The van der Waals surface area contributed by atoms with Crippen LogP contribution in [-0.2, 0) is 6.54 Å². The summed E-state index contributed by atoms with van der Waals surface area (Å²) in [6, 6.07) is 9.97. The number of nitrogen functional groups attached to an aromatic ring is 1. The van der Waals surface area contributed by atoms with Gasteiger partial charge < -0.3 is 20.8 Å². The summed E-state index contributed by atoms with van der Waals surface area (Å²) < 4.78 is 7.48. The fraction of sp³-hybridized carbons (Fsp3) is 0.278. The summed E-state index contributed by atoms with van der Waals surface area (Å²) in [4.78, 5) is 4.22. The second-order valence-electron chi connectivity index (χ2n) is 5.10. The van der Waals surface area contributed by atoms with E-state index in [1.54, 1.807) is 7.11 Å². The summed E-state index contributed by atoms with van der Waals surface area (Å²) in [5.41, 5.74) is 14.0. The van der Waals surface area contributed by atoms with Gasteiger partial charge >= 0.3 is 0 Å². The SMILES string of the molecule is CCN.CCn1cc(-c2cccc(OC)c2)c2cnc(N)cc21. The molecule has 4 N–H and O–H groups in total. The van der Waals surface area contributed by atoms with Crippen LogP contribution in [0.15, 0.2) is 42.7 Å². The molecule has 122 valence electrons. The van der Waals surface area contributed by atoms with Crippen LogP contribution in [0.1, 0.15) is 13.8 Å². The zero-order chi connectivity index (χ0) is 16.8. The number of pyridine rings is 1. The van der Waals surface area contributed by atoms with Gasteiger partial charge in [-0.15, -0.1) is 0 Å². The molecule has 2 heterocycles. The number of hydrogen-bond acceptors (Lipinski definition) is 4. The molecule has 5 heteroatoms. The van der Waals surface area contributed by atoms with Gasteiger partial charge in [0.25, 0.3) is 0 Å². The Kier molecular flexibility index (Phi) is 5.60. The van der Waals surface area contributed by atoms with Gasteiger partial charge in [0.05, 0.1) is 12.6 Å². The highest BCUT2D eigenvalue weighted by atomic mass is 16.5. The van der Waals surface area contributed by atoms with Crippen LogP contribution in [0.4, 0.5) is 5.82 Å². The highest BCUT2D eigenvalue weighted by molar-refractivity contribution is 5.96. The average molecular weight is 312 g/mol. The first-order chi connectivity index (χ1) is 11.1. The van der Waals surface area contributed by atoms with Gasteiger partial charge in [0.2, 0.25) is 0 Å². The Morgan fingerprint density at radius 2 is 1.96 bits per heavy atom. The minimum absolute atomic E-state index is 0.544. The molecule has 0 fully saturated rings. The van der Waals surface area contributed by atoms with Crippen molar-refractivity contribution in [3.8, 4) is 16.9 Å². The second kappa shape index (κ2) is 7.65. The molecule has 3 rings (SSSR count). The van der Waals surface area contributed by atoms with Crippen molar-refractivity contribution in [1.29, 1.82) is 0 Å². The van der Waals surface area contributed by atoms with Crippen LogP contribution in [0, 0.1) is 0 Å². The highest BCUT2D eigenvalue weighted by Gasteiger charge is 2.11. The molecule has 0 unspecified atom stereocenters. The molecule has 0 saturated heterocycles. The Labute approximate surface area is 136 Å². The fourth-order valence-corrected chi connectivity index (χ4v) is 2.48. The third-order valence-electron chi connectivity index (χ3n) is 3.51. The van der Waals surface area contributed by atoms with Crippen molar-refractivity contribution < 1.29 is 4.74 Å². The predicted octanol–water partition coefficient (Wildman–Crippen LogP) is 3.28. The average Bonchev–Trinajstić information content (AvgIpc) is 2.93. The zero-order valence-electron chi connectivity index (χ0n) is 13.9. The first-order valence-electron chi connectivity index (χ1n) is 7.73. The number of rotatable bonds is 3. The lowest BCUT2D eigenvalue weighted by Crippen LogP contribution is -1.93. The summed E-state index contributed by atoms with van der Waals surface area (Å²) in [5, 5.41) is 1.11. The van der Waals surface area contributed by atoms with Gasteiger partial charge in [-0.2, -0.15) is 0 Å². The van der Waals surface area contributed by atoms with Crippen molar-refractivity contribution in [3.63, 3.8) is 0 Å². The van der Waals surface area contributed by atoms with Crippen LogP contribution in [0.3, 0.4) is 0 Å². The highest BCUT2D eigenvalue weighted by Crippen LogP contribution is 2.32. The monoisotopic (exact) mass is 312 g/mol. The molecule has 0 amide bonds. The number of hydrogen-bond donors (Lipinski definition) is 2. The lowest BCUT2D eigenvalue weighted by atomic mass is 10.1. The molecular weight excluding hydrogens is 288 g/mol. The van der Waals surface area contributed by atoms with Crippen molar-refractivity contribution in [1.82, 2.24) is 9.55 Å². The number of benzene rings is 1. The van der Waals surface area contributed by atoms with Gasteiger partial charge in [-0.1, -0.05) is 19.1 Å². The first kappa shape index (κ1) is 16.8. The molecule has 1 aromatic carbocycles. The lowest BCUT2D eigenvalue weighted by molar-refractivity contribution is 0.415. The third-order valence-corrected chi connectivity index (χ3v) is 3.51. The summed E-state index contributed by atoms with van der Waals surface area (Å²) in [6.07, 6.45) is 3.98. The quantitative estimate of drug-likeness (QED) is 0.778. The van der Waals surface area contributed by atoms with E-state index in [0.29, 0.717) is 5.82 Å². The number of aromatic nitrogens is 2. The van der Waals surface area contributed by atoms with E-state index >= 15 is 0 Å². The Morgan fingerprint density at radius 1 is 1.22 bits per heavy atom. The molecule has 0 atom stereocenters. The Hall–Kier alpha value is -2.53. The standard InChI is InChI=1S/C16H17N3O.C2H7N/c1-3-19-10-14(11-5-4-6-12(7-11)20-2)13-9-18-16(17)8-15(13)19;1-2-3/h4-10H,3H2,1-2H3,(H2,17,18);2-3H2,1H3. The van der Waals surface area contributed by atoms with E-state index < -0.39 is 0 Å². The second-order valence-corrected chi connectivity index (χ2v) is 5.10. The molecule has 0 spiro atoms. The molecule has 0 aliphatic rings. The summed E-state index contributed by atoms with van der Waals surface area (Å²) in [5.74, 6) is 1.39. The largest absolute Gasteiger partial charge is 0.497 e. The van der Waals surface area contributed by atoms with Gasteiger partial charge in [-0.3, -0.25) is 0 Å². The number of nitrogens with two attached hydrogens (primary N) is 2. The van der Waals surface area contributed by atoms with E-state index in [2.05, 4.69) is 28.7 Å². The van der Waals surface area contributed by atoms with E-state index in [1.807, 2.05) is 37.4 Å². The molecule has 23 heavy (non-hydrogen) atoms. The number of aryl methyl sites for hydroxylation is 1. The van der Waals surface area contributed by atoms with Gasteiger partial charge in [0.15, 0.2) is 0 Å². The van der Waals surface area contributed by atoms with E-state index in [0.717, 1.165) is 40.9 Å².